The fourth-order valence-electron chi connectivity index (χ4n) is 3.25. The Balaban J connectivity index is 2.16. The Morgan fingerprint density at radius 2 is 1.62 bits per heavy atom. The van der Waals surface area contributed by atoms with Gasteiger partial charge in [0.2, 0.25) is 0 Å². The van der Waals surface area contributed by atoms with Crippen molar-refractivity contribution < 1.29 is 0 Å². The molecule has 1 aliphatic rings. The summed E-state index contributed by atoms with van der Waals surface area (Å²) < 4.78 is 0. The lowest BCUT2D eigenvalue weighted by Gasteiger charge is -2.24. The molecule has 0 heterocycles. The van der Waals surface area contributed by atoms with Crippen molar-refractivity contribution in [2.75, 3.05) is 0 Å². The highest BCUT2D eigenvalue weighted by Crippen LogP contribution is 2.46. The van der Waals surface area contributed by atoms with Gasteiger partial charge in [-0.2, -0.15) is 0 Å². The maximum absolute atomic E-state index is 2.37. The Morgan fingerprint density at radius 1 is 0.905 bits per heavy atom. The minimum absolute atomic E-state index is 0.583. The second-order valence-corrected chi connectivity index (χ2v) is 6.12. The maximum atomic E-state index is 2.37. The van der Waals surface area contributed by atoms with Crippen molar-refractivity contribution in [1.29, 1.82) is 0 Å². The molecule has 1 atom stereocenters. The van der Waals surface area contributed by atoms with Crippen LogP contribution in [0.15, 0.2) is 42.5 Å². The van der Waals surface area contributed by atoms with Gasteiger partial charge in [-0.25, -0.2) is 0 Å². The number of hydrogen-bond acceptors (Lipinski definition) is 0. The lowest BCUT2D eigenvalue weighted by molar-refractivity contribution is 0.626. The van der Waals surface area contributed by atoms with Crippen LogP contribution in [0.5, 0.6) is 0 Å². The molecule has 107 valence electrons. The second kappa shape index (κ2) is 5.52. The second-order valence-electron chi connectivity index (χ2n) is 6.12. The average molecular weight is 275 g/mol. The normalized spacial score (nSPS) is 15.7. The molecule has 0 saturated carbocycles. The first-order valence-corrected chi connectivity index (χ1v) is 7.88. The first kappa shape index (κ1) is 14.1. The number of fused-ring (bicyclic) bond motifs is 1. The van der Waals surface area contributed by atoms with Crippen molar-refractivity contribution >= 4 is 11.6 Å². The van der Waals surface area contributed by atoms with Gasteiger partial charge in [-0.1, -0.05) is 62.7 Å². The third-order valence-corrected chi connectivity index (χ3v) is 4.84. The van der Waals surface area contributed by atoms with Crippen molar-refractivity contribution in [1.82, 2.24) is 0 Å². The summed E-state index contributed by atoms with van der Waals surface area (Å²) in [7, 11) is 0. The molecule has 0 spiro atoms. The fraction of sp³-hybridized carbons (Fsp3) is 0.286. The molecule has 21 heavy (non-hydrogen) atoms. The lowest BCUT2D eigenvalue weighted by Crippen LogP contribution is -2.10. The summed E-state index contributed by atoms with van der Waals surface area (Å²) in [4.78, 5) is 0. The van der Waals surface area contributed by atoms with Crippen LogP contribution in [0.4, 0.5) is 0 Å². The van der Waals surface area contributed by atoms with E-state index in [1.165, 1.54) is 45.7 Å². The monoisotopic (exact) mass is 275 g/mol. The summed E-state index contributed by atoms with van der Waals surface area (Å²) in [6.45, 7) is 9.06. The number of aryl methyl sites for hydroxylation is 1. The van der Waals surface area contributed by atoms with Gasteiger partial charge in [0, 0.05) is 5.92 Å². The van der Waals surface area contributed by atoms with Crippen LogP contribution in [0.25, 0.3) is 11.6 Å². The predicted octanol–water partition coefficient (Wildman–Crippen LogP) is 5.83. The molecule has 0 bridgehead atoms. The van der Waals surface area contributed by atoms with Crippen molar-refractivity contribution in [3.63, 3.8) is 0 Å². The van der Waals surface area contributed by atoms with Crippen molar-refractivity contribution in [2.45, 2.75) is 34.1 Å². The summed E-state index contributed by atoms with van der Waals surface area (Å²) in [6.07, 6.45) is 3.55. The van der Waals surface area contributed by atoms with Crippen LogP contribution in [0, 0.1) is 25.7 Å². The summed E-state index contributed by atoms with van der Waals surface area (Å²) >= 11 is 0. The van der Waals surface area contributed by atoms with Gasteiger partial charge in [0.25, 0.3) is 0 Å². The number of benzene rings is 2. The number of rotatable bonds is 3. The Bertz CT molecular complexity index is 691. The van der Waals surface area contributed by atoms with Gasteiger partial charge >= 0.3 is 0 Å². The van der Waals surface area contributed by atoms with Gasteiger partial charge in [0.05, 0.1) is 0 Å². The van der Waals surface area contributed by atoms with Crippen molar-refractivity contribution in [2.24, 2.45) is 5.92 Å². The molecule has 0 saturated heterocycles. The first-order chi connectivity index (χ1) is 10.1. The van der Waals surface area contributed by atoms with E-state index in [1.807, 2.05) is 0 Å². The highest BCUT2D eigenvalue weighted by Gasteiger charge is 2.31. The van der Waals surface area contributed by atoms with Crippen LogP contribution in [0.2, 0.25) is 0 Å². The Kier molecular flexibility index (Phi) is 3.71. The molecule has 0 aromatic heterocycles. The van der Waals surface area contributed by atoms with E-state index in [4.69, 9.17) is 0 Å². The van der Waals surface area contributed by atoms with Gasteiger partial charge in [-0.05, 0) is 59.2 Å². The van der Waals surface area contributed by atoms with E-state index in [0.29, 0.717) is 5.92 Å². The third kappa shape index (κ3) is 2.33. The lowest BCUT2D eigenvalue weighted by atomic mass is 9.79. The van der Waals surface area contributed by atoms with E-state index in [0.717, 1.165) is 0 Å². The summed E-state index contributed by atoms with van der Waals surface area (Å²) in [5.41, 5.74) is 8.37. The molecular formula is C21H23. The van der Waals surface area contributed by atoms with Gasteiger partial charge in [0.1, 0.15) is 0 Å². The van der Waals surface area contributed by atoms with Gasteiger partial charge in [0.15, 0.2) is 0 Å². The highest BCUT2D eigenvalue weighted by atomic mass is 14.3. The molecule has 1 aliphatic carbocycles. The van der Waals surface area contributed by atoms with Crippen LogP contribution >= 0.6 is 0 Å². The van der Waals surface area contributed by atoms with Gasteiger partial charge in [-0.15, -0.1) is 0 Å². The molecule has 0 heteroatoms. The van der Waals surface area contributed by atoms with Crippen molar-refractivity contribution in [3.05, 3.63) is 76.2 Å². The van der Waals surface area contributed by atoms with Crippen LogP contribution in [0.3, 0.4) is 0 Å². The third-order valence-electron chi connectivity index (χ3n) is 4.84. The molecule has 0 N–H and O–H groups in total. The zero-order chi connectivity index (χ0) is 15.0. The van der Waals surface area contributed by atoms with Crippen LogP contribution in [0.1, 0.15) is 48.1 Å². The Labute approximate surface area is 128 Å². The van der Waals surface area contributed by atoms with E-state index in [2.05, 4.69) is 76.2 Å². The smallest absolute Gasteiger partial charge is 0.0380 e. The molecule has 1 unspecified atom stereocenters. The standard InChI is InChI=1S/C21H23/c1-5-14(2)21-19-11-7-6-10-17(19)13-20(21)18-12-8-9-15(3)16(18)4/h6-14H,5H2,1-4H3. The van der Waals surface area contributed by atoms with Crippen LogP contribution in [-0.2, 0) is 0 Å². The summed E-state index contributed by atoms with van der Waals surface area (Å²) in [5.74, 6) is 2.10. The Morgan fingerprint density at radius 3 is 2.38 bits per heavy atom. The number of hydrogen-bond donors (Lipinski definition) is 0. The highest BCUT2D eigenvalue weighted by molar-refractivity contribution is 5.99. The minimum Gasteiger partial charge on any atom is -0.0651 e. The van der Waals surface area contributed by atoms with Crippen LogP contribution < -0.4 is 0 Å². The topological polar surface area (TPSA) is 0 Å². The first-order valence-electron chi connectivity index (χ1n) is 7.88. The van der Waals surface area contributed by atoms with E-state index < -0.39 is 0 Å². The molecule has 0 fully saturated rings. The molecule has 3 rings (SSSR count). The van der Waals surface area contributed by atoms with E-state index in [1.54, 1.807) is 0 Å². The summed E-state index contributed by atoms with van der Waals surface area (Å²) in [6, 6.07) is 15.4. The number of allylic oxidation sites excluding steroid dienone is 1. The zero-order valence-electron chi connectivity index (χ0n) is 13.4. The zero-order valence-corrected chi connectivity index (χ0v) is 13.4. The SMILES string of the molecule is CCC(C)[C]1C(c2cccc(C)c2C)=Cc2ccccc21. The van der Waals surface area contributed by atoms with E-state index >= 15 is 0 Å². The minimum atomic E-state index is 0.583. The van der Waals surface area contributed by atoms with Gasteiger partial charge < -0.3 is 0 Å². The van der Waals surface area contributed by atoms with E-state index in [9.17, 15) is 0 Å². The van der Waals surface area contributed by atoms with Gasteiger partial charge in [-0.3, -0.25) is 0 Å². The molecule has 0 amide bonds. The van der Waals surface area contributed by atoms with Crippen molar-refractivity contribution in [3.8, 4) is 0 Å². The molecule has 0 nitrogen and oxygen atoms in total. The molecule has 0 aliphatic heterocycles. The van der Waals surface area contributed by atoms with E-state index in [-0.39, 0.29) is 0 Å². The largest absolute Gasteiger partial charge is 0.0651 e. The molecular weight excluding hydrogens is 252 g/mol. The average Bonchev–Trinajstić information content (AvgIpc) is 2.88. The molecule has 2 aromatic carbocycles. The summed E-state index contributed by atoms with van der Waals surface area (Å²) in [5, 5.41) is 0. The fourth-order valence-corrected chi connectivity index (χ4v) is 3.25. The Hall–Kier alpha value is -1.82. The molecule has 1 radical (unpaired) electrons. The maximum Gasteiger partial charge on any atom is 0.0380 e. The predicted molar refractivity (Wildman–Crippen MR) is 92.0 cm³/mol. The quantitative estimate of drug-likeness (QED) is 0.661. The molecule has 2 aromatic rings. The van der Waals surface area contributed by atoms with Crippen LogP contribution in [-0.4, -0.2) is 0 Å².